The molecule has 36 heavy (non-hydrogen) atoms. The minimum Gasteiger partial charge on any atom is -0.497 e. The van der Waals surface area contributed by atoms with Gasteiger partial charge in [-0.3, -0.25) is 0 Å². The van der Waals surface area contributed by atoms with E-state index < -0.39 is 21.8 Å². The van der Waals surface area contributed by atoms with Crippen LogP contribution in [0.4, 0.5) is 13.2 Å². The average molecular weight is 525 g/mol. The lowest BCUT2D eigenvalue weighted by atomic mass is 9.86. The summed E-state index contributed by atoms with van der Waals surface area (Å²) in [7, 11) is 3.24. The predicted molar refractivity (Wildman–Crippen MR) is 131 cm³/mol. The second-order valence-corrected chi connectivity index (χ2v) is 10.5. The summed E-state index contributed by atoms with van der Waals surface area (Å²) < 4.78 is 70.1. The minimum absolute atomic E-state index is 0.0440. The van der Waals surface area contributed by atoms with Crippen LogP contribution in [0.5, 0.6) is 5.75 Å². The maximum Gasteiger partial charge on any atom is 0.416 e. The Morgan fingerprint density at radius 1 is 1.17 bits per heavy atom. The second-order valence-electron chi connectivity index (χ2n) is 8.68. The Balaban J connectivity index is 0.000000275. The van der Waals surface area contributed by atoms with Crippen LogP contribution in [0.3, 0.4) is 0 Å². The molecule has 2 atom stereocenters. The van der Waals surface area contributed by atoms with Crippen molar-refractivity contribution in [1.29, 1.82) is 0 Å². The van der Waals surface area contributed by atoms with Crippen molar-refractivity contribution in [3.63, 3.8) is 0 Å². The zero-order valence-electron chi connectivity index (χ0n) is 20.6. The number of hydrogen-bond donors (Lipinski definition) is 2. The monoisotopic (exact) mass is 524 g/mol. The number of halogens is 3. The van der Waals surface area contributed by atoms with Crippen molar-refractivity contribution < 1.29 is 26.3 Å². The molecule has 11 heteroatoms. The Bertz CT molecular complexity index is 1280. The van der Waals surface area contributed by atoms with E-state index in [4.69, 9.17) is 4.74 Å². The predicted octanol–water partition coefficient (Wildman–Crippen LogP) is 3.76. The second kappa shape index (κ2) is 11.4. The van der Waals surface area contributed by atoms with Gasteiger partial charge in [-0.25, -0.2) is 18.1 Å². The molecule has 2 N–H and O–H groups in total. The quantitative estimate of drug-likeness (QED) is 0.492. The summed E-state index contributed by atoms with van der Waals surface area (Å²) in [5.41, 5.74) is 2.59. The van der Waals surface area contributed by atoms with Crippen molar-refractivity contribution in [2.75, 3.05) is 27.7 Å². The van der Waals surface area contributed by atoms with E-state index in [9.17, 15) is 21.6 Å². The zero-order chi connectivity index (χ0) is 26.5. The Hall–Kier alpha value is -2.89. The van der Waals surface area contributed by atoms with Gasteiger partial charge in [0.2, 0.25) is 0 Å². The normalized spacial score (nSPS) is 17.3. The van der Waals surface area contributed by atoms with E-state index in [2.05, 4.69) is 21.1 Å². The van der Waals surface area contributed by atoms with Gasteiger partial charge in [0.25, 0.3) is 10.0 Å². The summed E-state index contributed by atoms with van der Waals surface area (Å²) in [5, 5.41) is 3.26. The van der Waals surface area contributed by atoms with Gasteiger partial charge in [0, 0.05) is 13.2 Å². The molecule has 2 aromatic carbocycles. The topological polar surface area (TPSA) is 85.3 Å². The molecule has 1 aromatic heterocycles. The van der Waals surface area contributed by atoms with E-state index in [1.165, 1.54) is 42.8 Å². The summed E-state index contributed by atoms with van der Waals surface area (Å²) in [5.74, 6) is 1.33. The van der Waals surface area contributed by atoms with Gasteiger partial charge in [-0.2, -0.15) is 13.2 Å². The van der Waals surface area contributed by atoms with Crippen molar-refractivity contribution in [1.82, 2.24) is 19.6 Å². The highest BCUT2D eigenvalue weighted by Crippen LogP contribution is 2.42. The summed E-state index contributed by atoms with van der Waals surface area (Å²) in [6.07, 6.45) is 0.0907. The number of alkyl halides is 3. The Morgan fingerprint density at radius 3 is 2.50 bits per heavy atom. The average Bonchev–Trinajstić information content (AvgIpc) is 3.43. The maximum atomic E-state index is 13.0. The highest BCUT2D eigenvalue weighted by molar-refractivity contribution is 7.89. The van der Waals surface area contributed by atoms with E-state index >= 15 is 0 Å². The van der Waals surface area contributed by atoms with Crippen LogP contribution in [0.2, 0.25) is 0 Å². The van der Waals surface area contributed by atoms with Gasteiger partial charge in [0.05, 0.1) is 19.0 Å². The van der Waals surface area contributed by atoms with Crippen molar-refractivity contribution in [3.8, 4) is 5.75 Å². The van der Waals surface area contributed by atoms with Gasteiger partial charge < -0.3 is 14.6 Å². The molecule has 7 nitrogen and oxygen atoms in total. The van der Waals surface area contributed by atoms with Crippen LogP contribution in [0, 0.1) is 5.92 Å². The van der Waals surface area contributed by atoms with Gasteiger partial charge >= 0.3 is 6.18 Å². The molecular weight excluding hydrogens is 493 g/mol. The van der Waals surface area contributed by atoms with Crippen LogP contribution in [0.15, 0.2) is 60.0 Å². The smallest absolute Gasteiger partial charge is 0.416 e. The number of ether oxygens (including phenoxy) is 1. The van der Waals surface area contributed by atoms with Crippen molar-refractivity contribution in [2.45, 2.75) is 30.0 Å². The van der Waals surface area contributed by atoms with Crippen molar-refractivity contribution in [2.24, 2.45) is 13.0 Å². The highest BCUT2D eigenvalue weighted by Gasteiger charge is 2.34. The number of sulfonamides is 1. The molecular formula is C25H31F3N4O3S. The fraction of sp³-hybridized carbons (Fsp3) is 0.400. The van der Waals surface area contributed by atoms with E-state index in [1.807, 2.05) is 19.2 Å². The molecule has 0 bridgehead atoms. The van der Waals surface area contributed by atoms with E-state index in [-0.39, 0.29) is 10.9 Å². The number of benzene rings is 2. The summed E-state index contributed by atoms with van der Waals surface area (Å²) in [6, 6.07) is 11.7. The van der Waals surface area contributed by atoms with Gasteiger partial charge in [-0.05, 0) is 80.2 Å². The summed E-state index contributed by atoms with van der Waals surface area (Å²) in [6.45, 7) is 0.834. The number of nitrogens with zero attached hydrogens (tertiary/aromatic N) is 2. The number of rotatable bonds is 7. The number of aryl methyl sites for hydroxylation is 1. The Labute approximate surface area is 209 Å². The third-order valence-electron chi connectivity index (χ3n) is 6.21. The van der Waals surface area contributed by atoms with Crippen LogP contribution in [-0.2, 0) is 36.1 Å². The largest absolute Gasteiger partial charge is 0.497 e. The molecule has 0 amide bonds. The third-order valence-corrected chi connectivity index (χ3v) is 7.50. The van der Waals surface area contributed by atoms with Crippen LogP contribution >= 0.6 is 0 Å². The number of imidazole rings is 1. The standard InChI is InChI=1S/C20H22F3NO.C5H9N3O2S/c1-24-12-15-10-14-6-7-17(25-2)11-19(14)18(15)9-13-4-3-5-16(8-13)20(21,22)23;1-6-11(9,10)5-3-8(2)4-7-5/h3-8,11,15,18,24H,9-10,12H2,1-2H3;3-4,6H,1-2H3. The van der Waals surface area contributed by atoms with Crippen LogP contribution < -0.4 is 14.8 Å². The fourth-order valence-electron chi connectivity index (χ4n) is 4.42. The lowest BCUT2D eigenvalue weighted by Crippen LogP contribution is -2.23. The van der Waals surface area contributed by atoms with Crippen molar-refractivity contribution >= 4 is 10.0 Å². The van der Waals surface area contributed by atoms with Gasteiger partial charge in [0.1, 0.15) is 5.75 Å². The highest BCUT2D eigenvalue weighted by atomic mass is 32.2. The number of aromatic nitrogens is 2. The molecule has 0 radical (unpaired) electrons. The van der Waals surface area contributed by atoms with Gasteiger partial charge in [-0.15, -0.1) is 0 Å². The van der Waals surface area contributed by atoms with Crippen LogP contribution in [0.25, 0.3) is 0 Å². The SMILES string of the molecule is CNCC1Cc2ccc(OC)cc2C1Cc1cccc(C(F)(F)F)c1.CNS(=O)(=O)c1cn(C)cn1. The number of methoxy groups -OCH3 is 1. The molecule has 0 saturated heterocycles. The summed E-state index contributed by atoms with van der Waals surface area (Å²) >= 11 is 0. The molecule has 0 aliphatic heterocycles. The first-order valence-corrected chi connectivity index (χ1v) is 12.9. The number of hydrogen-bond acceptors (Lipinski definition) is 5. The molecule has 1 aliphatic carbocycles. The first kappa shape index (κ1) is 27.7. The minimum atomic E-state index is -4.31. The maximum absolute atomic E-state index is 13.0. The van der Waals surface area contributed by atoms with E-state index in [0.717, 1.165) is 30.3 Å². The van der Waals surface area contributed by atoms with E-state index in [0.29, 0.717) is 12.3 Å². The lowest BCUT2D eigenvalue weighted by Gasteiger charge is -2.21. The fourth-order valence-corrected chi connectivity index (χ4v) is 5.12. The van der Waals surface area contributed by atoms with Crippen LogP contribution in [0.1, 0.15) is 28.2 Å². The van der Waals surface area contributed by atoms with Crippen molar-refractivity contribution in [3.05, 3.63) is 77.2 Å². The zero-order valence-corrected chi connectivity index (χ0v) is 21.4. The Kier molecular flexibility index (Phi) is 8.80. The number of nitrogens with one attached hydrogen (secondary N) is 2. The first-order chi connectivity index (χ1) is 17.0. The summed E-state index contributed by atoms with van der Waals surface area (Å²) in [4.78, 5) is 3.67. The first-order valence-electron chi connectivity index (χ1n) is 11.4. The van der Waals surface area contributed by atoms with E-state index in [1.54, 1.807) is 24.8 Å². The van der Waals surface area contributed by atoms with Crippen LogP contribution in [-0.4, -0.2) is 45.7 Å². The molecule has 196 valence electrons. The Morgan fingerprint density at radius 2 is 1.92 bits per heavy atom. The molecule has 0 fully saturated rings. The molecule has 1 heterocycles. The van der Waals surface area contributed by atoms with Gasteiger partial charge in [0.15, 0.2) is 5.03 Å². The lowest BCUT2D eigenvalue weighted by molar-refractivity contribution is -0.137. The molecule has 0 spiro atoms. The van der Waals surface area contributed by atoms with Gasteiger partial charge in [-0.1, -0.05) is 24.3 Å². The molecule has 1 aliphatic rings. The molecule has 0 saturated carbocycles. The molecule has 4 rings (SSSR count). The molecule has 2 unspecified atom stereocenters. The third kappa shape index (κ3) is 6.65. The number of fused-ring (bicyclic) bond motifs is 1. The molecule has 3 aromatic rings.